The summed E-state index contributed by atoms with van der Waals surface area (Å²) in [6, 6.07) is 15.2. The van der Waals surface area contributed by atoms with Gasteiger partial charge in [-0.3, -0.25) is 9.59 Å². The van der Waals surface area contributed by atoms with E-state index < -0.39 is 5.95 Å². The molecule has 0 spiro atoms. The van der Waals surface area contributed by atoms with Crippen LogP contribution in [0.4, 0.5) is 10.2 Å². The molecule has 0 fully saturated rings. The molecule has 2 aromatic carbocycles. The lowest BCUT2D eigenvalue weighted by molar-refractivity contribution is 0.0937. The van der Waals surface area contributed by atoms with Gasteiger partial charge < -0.3 is 31.7 Å². The number of carbonyl (C=O) groups is 2. The Balaban J connectivity index is 0.000000163. The molecule has 276 valence electrons. The summed E-state index contributed by atoms with van der Waals surface area (Å²) in [5.74, 6) is 0.101. The molecule has 2 aliphatic heterocycles. The number of carbonyl (C=O) groups excluding carboxylic acids is 2. The number of hydrogen-bond donors (Lipinski definition) is 6. The third-order valence-corrected chi connectivity index (χ3v) is 8.36. The zero-order valence-electron chi connectivity index (χ0n) is 31.5. The van der Waals surface area contributed by atoms with Gasteiger partial charge >= 0.3 is 0 Å². The van der Waals surface area contributed by atoms with E-state index in [0.29, 0.717) is 29.7 Å². The number of benzene rings is 2. The molecule has 12 nitrogen and oxygen atoms in total. The smallest absolute Gasteiger partial charge is 0.253 e. The number of anilines is 1. The maximum absolute atomic E-state index is 13.8. The average Bonchev–Trinajstić information content (AvgIpc) is 3.71. The number of nitrogens with one attached hydrogen (secondary N) is 5. The largest absolute Gasteiger partial charge is 0.364 e. The van der Waals surface area contributed by atoms with E-state index in [-0.39, 0.29) is 28.6 Å². The molecule has 13 heteroatoms. The topological polar surface area (TPSA) is 179 Å². The van der Waals surface area contributed by atoms with Gasteiger partial charge in [0.25, 0.3) is 11.8 Å². The molecule has 0 saturated heterocycles. The van der Waals surface area contributed by atoms with E-state index in [1.807, 2.05) is 64.1 Å². The van der Waals surface area contributed by atoms with Crippen LogP contribution in [0.3, 0.4) is 0 Å². The Morgan fingerprint density at radius 1 is 0.679 bits per heavy atom. The Hall–Kier alpha value is -5.69. The Kier molecular flexibility index (Phi) is 10.1. The molecule has 0 atom stereocenters. The van der Waals surface area contributed by atoms with Crippen molar-refractivity contribution in [2.24, 2.45) is 5.73 Å². The summed E-state index contributed by atoms with van der Waals surface area (Å²) in [7, 11) is 0. The van der Waals surface area contributed by atoms with Gasteiger partial charge in [-0.05, 0) is 79.7 Å². The number of halogens is 1. The predicted molar refractivity (Wildman–Crippen MR) is 207 cm³/mol. The second-order valence-electron chi connectivity index (χ2n) is 15.5. The standard InChI is InChI=1S/C20H23N5O.C16H13FN4O.C4H11N/c1-11-18(25-20(2,3)4)24-17-12(6-5-7-15(17)22-11)16-10-13-14(23-16)8-9-21-19(13)26;1-8-15(17)21-14-9(3-2-4-12(14)19-8)13-7-10-11(20-13)5-6-18-16(10)22;1-4(2,3)5/h5-7,10,23H,8-9H2,1-4H3,(H,21,26)(H,24,25);2-4,7,20H,5-6H2,1H3,(H,18,22);5H2,1-3H3. The number of para-hydroxylation sites is 2. The monoisotopic (exact) mass is 718 g/mol. The molecule has 8 rings (SSSR count). The van der Waals surface area contributed by atoms with Crippen LogP contribution in [0, 0.1) is 19.8 Å². The van der Waals surface area contributed by atoms with E-state index in [1.54, 1.807) is 19.1 Å². The maximum atomic E-state index is 13.8. The number of aryl methyl sites for hydroxylation is 2. The fourth-order valence-corrected chi connectivity index (χ4v) is 6.10. The van der Waals surface area contributed by atoms with Gasteiger partial charge in [-0.1, -0.05) is 24.3 Å². The van der Waals surface area contributed by atoms with Gasteiger partial charge in [-0.25, -0.2) is 19.9 Å². The van der Waals surface area contributed by atoms with E-state index >= 15 is 0 Å². The van der Waals surface area contributed by atoms with Gasteiger partial charge in [-0.2, -0.15) is 4.39 Å². The molecule has 7 N–H and O–H groups in total. The van der Waals surface area contributed by atoms with Crippen molar-refractivity contribution in [1.82, 2.24) is 40.5 Å². The quantitative estimate of drug-likeness (QED) is 0.120. The number of fused-ring (bicyclic) bond motifs is 4. The predicted octanol–water partition coefficient (Wildman–Crippen LogP) is 6.53. The van der Waals surface area contributed by atoms with E-state index in [4.69, 9.17) is 15.7 Å². The van der Waals surface area contributed by atoms with Crippen LogP contribution < -0.4 is 21.7 Å². The SMILES string of the molecule is CC(C)(C)N.Cc1nc2cccc(-c3cc4c([nH]3)CCNC4=O)c2nc1F.Cc1nc2cccc(-c3cc4c([nH]3)CCNC4=O)c2nc1NC(C)(C)C. The van der Waals surface area contributed by atoms with Gasteiger partial charge in [0.05, 0.1) is 33.5 Å². The van der Waals surface area contributed by atoms with Gasteiger partial charge in [-0.15, -0.1) is 0 Å². The number of hydrogen-bond acceptors (Lipinski definition) is 8. The van der Waals surface area contributed by atoms with Crippen molar-refractivity contribution >= 4 is 39.7 Å². The second-order valence-corrected chi connectivity index (χ2v) is 15.5. The third-order valence-electron chi connectivity index (χ3n) is 8.36. The molecule has 2 amide bonds. The number of nitrogens with zero attached hydrogens (tertiary/aromatic N) is 4. The summed E-state index contributed by atoms with van der Waals surface area (Å²) in [5, 5.41) is 9.12. The lowest BCUT2D eigenvalue weighted by atomic mass is 10.1. The van der Waals surface area contributed by atoms with Crippen molar-refractivity contribution in [2.45, 2.75) is 79.3 Å². The summed E-state index contributed by atoms with van der Waals surface area (Å²) in [5.41, 5.74) is 15.8. The summed E-state index contributed by atoms with van der Waals surface area (Å²) in [4.78, 5) is 48.5. The molecule has 6 heterocycles. The van der Waals surface area contributed by atoms with E-state index in [2.05, 4.69) is 56.7 Å². The van der Waals surface area contributed by atoms with Crippen LogP contribution in [-0.4, -0.2) is 65.9 Å². The zero-order valence-corrected chi connectivity index (χ0v) is 31.5. The number of rotatable bonds is 3. The van der Waals surface area contributed by atoms with Crippen LogP contribution in [-0.2, 0) is 12.8 Å². The highest BCUT2D eigenvalue weighted by Gasteiger charge is 2.23. The minimum absolute atomic E-state index is 0. The number of amides is 2. The van der Waals surface area contributed by atoms with Crippen molar-refractivity contribution in [2.75, 3.05) is 18.4 Å². The summed E-state index contributed by atoms with van der Waals surface area (Å²) in [6.45, 7) is 17.0. The molecule has 0 radical (unpaired) electrons. The highest BCUT2D eigenvalue weighted by Crippen LogP contribution is 2.32. The summed E-state index contributed by atoms with van der Waals surface area (Å²) < 4.78 is 13.8. The first kappa shape index (κ1) is 37.1. The van der Waals surface area contributed by atoms with Gasteiger partial charge in [0, 0.05) is 70.9 Å². The Labute approximate surface area is 308 Å². The molecule has 0 unspecified atom stereocenters. The van der Waals surface area contributed by atoms with Crippen LogP contribution in [0.2, 0.25) is 0 Å². The molecule has 0 bridgehead atoms. The first-order valence-electron chi connectivity index (χ1n) is 17.7. The van der Waals surface area contributed by atoms with Crippen LogP contribution in [0.5, 0.6) is 0 Å². The second kappa shape index (κ2) is 14.4. The number of aromatic nitrogens is 6. The fourth-order valence-electron chi connectivity index (χ4n) is 6.10. The molecule has 0 saturated carbocycles. The summed E-state index contributed by atoms with van der Waals surface area (Å²) >= 11 is 0. The summed E-state index contributed by atoms with van der Waals surface area (Å²) in [6.07, 6.45) is 1.57. The highest BCUT2D eigenvalue weighted by atomic mass is 19.1. The van der Waals surface area contributed by atoms with Gasteiger partial charge in [0.15, 0.2) is 0 Å². The van der Waals surface area contributed by atoms with Crippen molar-refractivity contribution in [3.8, 4) is 22.5 Å². The van der Waals surface area contributed by atoms with Gasteiger partial charge in [0.1, 0.15) is 16.9 Å². The molecule has 6 aromatic rings. The molecule has 0 aliphatic carbocycles. The van der Waals surface area contributed by atoms with Crippen LogP contribution in [0.15, 0.2) is 48.5 Å². The minimum Gasteiger partial charge on any atom is -0.364 e. The van der Waals surface area contributed by atoms with Crippen molar-refractivity contribution < 1.29 is 14.0 Å². The molecule has 4 aromatic heterocycles. The average molecular weight is 719 g/mol. The molecule has 53 heavy (non-hydrogen) atoms. The Morgan fingerprint density at radius 3 is 1.58 bits per heavy atom. The first-order valence-corrected chi connectivity index (χ1v) is 17.7. The fraction of sp³-hybridized carbons (Fsp3) is 0.350. The van der Waals surface area contributed by atoms with Crippen LogP contribution >= 0.6 is 0 Å². The Bertz CT molecular complexity index is 2340. The molecular formula is C40H47FN10O2. The third kappa shape index (κ3) is 8.52. The van der Waals surface area contributed by atoms with Crippen molar-refractivity contribution in [3.05, 3.63) is 88.4 Å². The van der Waals surface area contributed by atoms with Crippen molar-refractivity contribution in [1.29, 1.82) is 0 Å². The Morgan fingerprint density at radius 2 is 1.13 bits per heavy atom. The van der Waals surface area contributed by atoms with Crippen molar-refractivity contribution in [3.63, 3.8) is 0 Å². The van der Waals surface area contributed by atoms with E-state index in [1.165, 1.54) is 0 Å². The van der Waals surface area contributed by atoms with Crippen LogP contribution in [0.1, 0.15) is 85.0 Å². The minimum atomic E-state index is -0.575. The molecular weight excluding hydrogens is 672 g/mol. The molecule has 2 aliphatic rings. The number of H-pyrrole nitrogens is 2. The lowest BCUT2D eigenvalue weighted by Gasteiger charge is -2.22. The van der Waals surface area contributed by atoms with Gasteiger partial charge in [0.2, 0.25) is 5.95 Å². The normalized spacial score (nSPS) is 13.9. The zero-order chi connectivity index (χ0) is 38.2. The number of aromatic amines is 2. The lowest BCUT2D eigenvalue weighted by Crippen LogP contribution is -2.31. The van der Waals surface area contributed by atoms with Crippen LogP contribution in [0.25, 0.3) is 44.6 Å². The van der Waals surface area contributed by atoms with E-state index in [0.717, 1.165) is 74.9 Å². The van der Waals surface area contributed by atoms with E-state index in [9.17, 15) is 14.0 Å². The first-order chi connectivity index (χ1) is 24.9. The maximum Gasteiger partial charge on any atom is 0.253 e. The highest BCUT2D eigenvalue weighted by molar-refractivity contribution is 6.00. The number of nitrogens with two attached hydrogens (primary N) is 1.